The molecule has 8 nitrogen and oxygen atoms in total. The van der Waals surface area contributed by atoms with Crippen LogP contribution in [-0.2, 0) is 30.4 Å². The number of aryl methyl sites for hydroxylation is 2. The molecule has 0 unspecified atom stereocenters. The number of aliphatic carboxylic acids is 1. The fraction of sp³-hybridized carbons (Fsp3) is 0.400. The molecule has 0 spiro atoms. The maximum atomic E-state index is 11.9. The van der Waals surface area contributed by atoms with Crippen LogP contribution in [0.15, 0.2) is 16.3 Å². The zero-order valence-corrected chi connectivity index (χ0v) is 14.8. The van der Waals surface area contributed by atoms with Gasteiger partial charge in [-0.25, -0.2) is 14.8 Å². The number of alkyl halides is 3. The van der Waals surface area contributed by atoms with E-state index in [2.05, 4.69) is 21.0 Å². The monoisotopic (exact) mass is 401 g/mol. The van der Waals surface area contributed by atoms with Crippen LogP contribution in [0.25, 0.3) is 0 Å². The van der Waals surface area contributed by atoms with Gasteiger partial charge in [-0.1, -0.05) is 11.8 Å². The first-order valence-electron chi connectivity index (χ1n) is 7.58. The third-order valence-corrected chi connectivity index (χ3v) is 4.56. The number of nitrogens with one attached hydrogen (secondary N) is 1. The Morgan fingerprint density at radius 3 is 2.74 bits per heavy atom. The summed E-state index contributed by atoms with van der Waals surface area (Å²) in [5, 5.41) is 16.7. The van der Waals surface area contributed by atoms with Crippen molar-refractivity contribution < 1.29 is 23.1 Å². The number of carbonyl (C=O) groups is 1. The van der Waals surface area contributed by atoms with Gasteiger partial charge in [0.15, 0.2) is 10.9 Å². The highest BCUT2D eigenvalue weighted by Crippen LogP contribution is 2.23. The minimum Gasteiger partial charge on any atom is -0.475 e. The van der Waals surface area contributed by atoms with Crippen molar-refractivity contribution in [3.05, 3.63) is 39.3 Å². The lowest BCUT2D eigenvalue weighted by molar-refractivity contribution is -0.192. The minimum absolute atomic E-state index is 0.0273. The van der Waals surface area contributed by atoms with E-state index in [0.29, 0.717) is 16.6 Å². The second kappa shape index (κ2) is 8.26. The van der Waals surface area contributed by atoms with Crippen LogP contribution in [0, 0.1) is 11.3 Å². The summed E-state index contributed by atoms with van der Waals surface area (Å²) in [6.45, 7) is 0. The molecule has 0 saturated carbocycles. The van der Waals surface area contributed by atoms with E-state index in [0.717, 1.165) is 36.2 Å². The van der Waals surface area contributed by atoms with Gasteiger partial charge in [0.25, 0.3) is 5.56 Å². The van der Waals surface area contributed by atoms with Gasteiger partial charge in [-0.2, -0.15) is 18.4 Å². The standard InChI is InChI=1S/C13H13N5OS.C2HF3O2/c1-18-7-15-10(5-14)11(18)6-20-13-16-9-4-2-3-8(9)12(19)17-13;3-2(4,5)1(6)7/h7H,2-4,6H2,1H3,(H,16,17,19);(H,6,7). The summed E-state index contributed by atoms with van der Waals surface area (Å²) in [6, 6.07) is 2.07. The molecule has 2 aromatic rings. The molecule has 2 N–H and O–H groups in total. The van der Waals surface area contributed by atoms with Crippen LogP contribution in [0.5, 0.6) is 0 Å². The highest BCUT2D eigenvalue weighted by atomic mass is 32.2. The van der Waals surface area contributed by atoms with Crippen molar-refractivity contribution in [1.82, 2.24) is 19.5 Å². The summed E-state index contributed by atoms with van der Waals surface area (Å²) in [6.07, 6.45) is -0.766. The van der Waals surface area contributed by atoms with Gasteiger partial charge in [-0.05, 0) is 19.3 Å². The fourth-order valence-corrected chi connectivity index (χ4v) is 3.30. The number of halogens is 3. The number of H-pyrrole nitrogens is 1. The van der Waals surface area contributed by atoms with Crippen molar-refractivity contribution in [3.8, 4) is 6.07 Å². The number of rotatable bonds is 3. The van der Waals surface area contributed by atoms with Crippen LogP contribution < -0.4 is 5.56 Å². The third-order valence-electron chi connectivity index (χ3n) is 3.67. The summed E-state index contributed by atoms with van der Waals surface area (Å²) in [5.74, 6) is -2.20. The van der Waals surface area contributed by atoms with E-state index in [1.165, 1.54) is 11.8 Å². The molecule has 0 radical (unpaired) electrons. The number of aromatic amines is 1. The molecule has 2 aromatic heterocycles. The molecular weight excluding hydrogens is 387 g/mol. The van der Waals surface area contributed by atoms with Crippen molar-refractivity contribution in [2.45, 2.75) is 36.3 Å². The SMILES string of the molecule is Cn1cnc(C#N)c1CSc1nc2c(c(=O)[nH]1)CCC2.O=C(O)C(F)(F)F. The molecule has 0 amide bonds. The Morgan fingerprint density at radius 2 is 2.15 bits per heavy atom. The normalized spacial score (nSPS) is 12.7. The van der Waals surface area contributed by atoms with Crippen molar-refractivity contribution in [3.63, 3.8) is 0 Å². The predicted molar refractivity (Wildman–Crippen MR) is 88.1 cm³/mol. The van der Waals surface area contributed by atoms with Gasteiger partial charge in [0.1, 0.15) is 6.07 Å². The number of carboxylic acid groups (broad SMARTS) is 1. The molecule has 1 aliphatic carbocycles. The first-order chi connectivity index (χ1) is 12.6. The number of hydrogen-bond donors (Lipinski definition) is 2. The highest BCUT2D eigenvalue weighted by Gasteiger charge is 2.38. The molecule has 12 heteroatoms. The predicted octanol–water partition coefficient (Wildman–Crippen LogP) is 1.79. The lowest BCUT2D eigenvalue weighted by atomic mass is 10.3. The summed E-state index contributed by atoms with van der Waals surface area (Å²) in [4.78, 5) is 32.1. The lowest BCUT2D eigenvalue weighted by Crippen LogP contribution is -2.21. The maximum absolute atomic E-state index is 11.9. The van der Waals surface area contributed by atoms with E-state index in [1.54, 1.807) is 6.33 Å². The van der Waals surface area contributed by atoms with E-state index < -0.39 is 12.1 Å². The van der Waals surface area contributed by atoms with Gasteiger partial charge >= 0.3 is 12.1 Å². The molecule has 0 fully saturated rings. The van der Waals surface area contributed by atoms with Crippen LogP contribution >= 0.6 is 11.8 Å². The molecule has 0 bridgehead atoms. The number of nitrogens with zero attached hydrogens (tertiary/aromatic N) is 4. The van der Waals surface area contributed by atoms with E-state index in [1.807, 2.05) is 11.6 Å². The zero-order chi connectivity index (χ0) is 20.2. The Morgan fingerprint density at radius 1 is 1.48 bits per heavy atom. The van der Waals surface area contributed by atoms with Crippen molar-refractivity contribution >= 4 is 17.7 Å². The molecule has 0 aliphatic heterocycles. The number of nitriles is 1. The van der Waals surface area contributed by atoms with E-state index >= 15 is 0 Å². The second-order valence-electron chi connectivity index (χ2n) is 5.50. The Bertz CT molecular complexity index is 946. The Kier molecular flexibility index (Phi) is 6.27. The molecule has 1 aliphatic rings. The number of hydrogen-bond acceptors (Lipinski definition) is 6. The molecule has 144 valence electrons. The molecule has 0 saturated heterocycles. The van der Waals surface area contributed by atoms with Crippen molar-refractivity contribution in [1.29, 1.82) is 5.26 Å². The largest absolute Gasteiger partial charge is 0.490 e. The molecule has 0 aromatic carbocycles. The van der Waals surface area contributed by atoms with Crippen LogP contribution in [0.2, 0.25) is 0 Å². The fourth-order valence-electron chi connectivity index (χ4n) is 2.34. The smallest absolute Gasteiger partial charge is 0.475 e. The number of carboxylic acids is 1. The number of imidazole rings is 1. The topological polar surface area (TPSA) is 125 Å². The van der Waals surface area contributed by atoms with E-state index in [4.69, 9.17) is 15.2 Å². The van der Waals surface area contributed by atoms with Gasteiger partial charge < -0.3 is 14.7 Å². The molecule has 2 heterocycles. The highest BCUT2D eigenvalue weighted by molar-refractivity contribution is 7.98. The molecule has 27 heavy (non-hydrogen) atoms. The van der Waals surface area contributed by atoms with Crippen LogP contribution in [-0.4, -0.2) is 36.8 Å². The van der Waals surface area contributed by atoms with Crippen LogP contribution in [0.3, 0.4) is 0 Å². The summed E-state index contributed by atoms with van der Waals surface area (Å²) in [5.41, 5.74) is 2.97. The van der Waals surface area contributed by atoms with Gasteiger partial charge in [0.05, 0.1) is 17.7 Å². The first kappa shape index (κ1) is 20.5. The molecular formula is C15H14F3N5O3S. The lowest BCUT2D eigenvalue weighted by Gasteiger charge is -2.04. The number of thioether (sulfide) groups is 1. The molecule has 3 rings (SSSR count). The average Bonchev–Trinajstić information content (AvgIpc) is 3.19. The number of aromatic nitrogens is 4. The van der Waals surface area contributed by atoms with Crippen LogP contribution in [0.4, 0.5) is 13.2 Å². The van der Waals surface area contributed by atoms with E-state index in [9.17, 15) is 18.0 Å². The minimum atomic E-state index is -5.08. The Balaban J connectivity index is 0.000000321. The van der Waals surface area contributed by atoms with Gasteiger partial charge in [-0.15, -0.1) is 0 Å². The van der Waals surface area contributed by atoms with Crippen molar-refractivity contribution in [2.75, 3.05) is 0 Å². The van der Waals surface area contributed by atoms with Gasteiger partial charge in [0.2, 0.25) is 0 Å². The van der Waals surface area contributed by atoms with Crippen molar-refractivity contribution in [2.24, 2.45) is 7.05 Å². The Hall–Kier alpha value is -2.81. The number of fused-ring (bicyclic) bond motifs is 1. The van der Waals surface area contributed by atoms with Gasteiger partial charge in [-0.3, -0.25) is 4.79 Å². The second-order valence-corrected chi connectivity index (χ2v) is 6.47. The summed E-state index contributed by atoms with van der Waals surface area (Å²) in [7, 11) is 1.85. The first-order valence-corrected chi connectivity index (χ1v) is 8.57. The summed E-state index contributed by atoms with van der Waals surface area (Å²) >= 11 is 1.42. The quantitative estimate of drug-likeness (QED) is 0.593. The zero-order valence-electron chi connectivity index (χ0n) is 14.0. The maximum Gasteiger partial charge on any atom is 0.490 e. The van der Waals surface area contributed by atoms with Crippen LogP contribution in [0.1, 0.15) is 29.1 Å². The van der Waals surface area contributed by atoms with E-state index in [-0.39, 0.29) is 5.56 Å². The molecule has 0 atom stereocenters. The average molecular weight is 401 g/mol. The Labute approximate surface area is 155 Å². The van der Waals surface area contributed by atoms with Gasteiger partial charge in [0, 0.05) is 18.4 Å². The third kappa shape index (κ3) is 5.10. The summed E-state index contributed by atoms with van der Waals surface area (Å²) < 4.78 is 33.6.